The normalized spacial score (nSPS) is 9.21. The number of carboxylic acids is 1. The molecular weight excluding hydrogens is 180 g/mol. The molecule has 0 atom stereocenters. The van der Waals surface area contributed by atoms with Crippen LogP contribution in [-0.2, 0) is 9.53 Å². The number of hydrogen-bond acceptors (Lipinski definition) is 2. The van der Waals surface area contributed by atoms with Gasteiger partial charge < -0.3 is 9.84 Å². The van der Waals surface area contributed by atoms with E-state index >= 15 is 0 Å². The third-order valence-corrected chi connectivity index (χ3v) is 1.85. The predicted molar refractivity (Wildman–Crippen MR) is 55.0 cm³/mol. The molecule has 0 aliphatic heterocycles. The number of aliphatic carboxylic acids is 1. The highest BCUT2D eigenvalue weighted by Gasteiger charge is 1.89. The lowest BCUT2D eigenvalue weighted by atomic mass is 10.1. The standard InChI is InChI=1S/C11H18O3/c1-14-10-8-6-4-2-3-5-7-9-11(12)13/h2-6,8,10H2,1H3,(H,12,13). The number of rotatable bonds is 7. The van der Waals surface area contributed by atoms with Crippen molar-refractivity contribution >= 4 is 5.97 Å². The maximum atomic E-state index is 10.0. The Morgan fingerprint density at radius 1 is 1.21 bits per heavy atom. The molecule has 0 aromatic carbocycles. The summed E-state index contributed by atoms with van der Waals surface area (Å²) in [7, 11) is 1.71. The molecule has 0 aromatic heterocycles. The van der Waals surface area contributed by atoms with Gasteiger partial charge in [-0.05, 0) is 12.8 Å². The van der Waals surface area contributed by atoms with Crippen molar-refractivity contribution in [2.45, 2.75) is 38.5 Å². The van der Waals surface area contributed by atoms with Gasteiger partial charge in [-0.25, -0.2) is 4.79 Å². The molecule has 0 saturated heterocycles. The minimum absolute atomic E-state index is 0.691. The fraction of sp³-hybridized carbons (Fsp3) is 0.727. The average molecular weight is 198 g/mol. The van der Waals surface area contributed by atoms with Gasteiger partial charge in [0.2, 0.25) is 0 Å². The van der Waals surface area contributed by atoms with Crippen LogP contribution < -0.4 is 0 Å². The van der Waals surface area contributed by atoms with Gasteiger partial charge in [0.15, 0.2) is 0 Å². The smallest absolute Gasteiger partial charge is 0.381 e. The van der Waals surface area contributed by atoms with Crippen molar-refractivity contribution in [2.75, 3.05) is 13.7 Å². The summed E-state index contributed by atoms with van der Waals surface area (Å²) in [6, 6.07) is 0. The Labute approximate surface area is 85.5 Å². The highest BCUT2D eigenvalue weighted by molar-refractivity contribution is 5.86. The summed E-state index contributed by atoms with van der Waals surface area (Å²) in [5.41, 5.74) is 0. The van der Waals surface area contributed by atoms with E-state index in [0.29, 0.717) is 6.42 Å². The minimum Gasteiger partial charge on any atom is -0.472 e. The zero-order valence-electron chi connectivity index (χ0n) is 8.71. The first-order chi connectivity index (χ1) is 6.77. The Hall–Kier alpha value is -1.01. The largest absolute Gasteiger partial charge is 0.472 e. The van der Waals surface area contributed by atoms with Crippen molar-refractivity contribution in [2.24, 2.45) is 0 Å². The van der Waals surface area contributed by atoms with Crippen LogP contribution in [0.5, 0.6) is 0 Å². The molecule has 0 heterocycles. The van der Waals surface area contributed by atoms with E-state index in [2.05, 4.69) is 11.8 Å². The molecule has 0 aliphatic rings. The lowest BCUT2D eigenvalue weighted by Gasteiger charge is -1.98. The first-order valence-electron chi connectivity index (χ1n) is 4.98. The molecule has 0 fully saturated rings. The van der Waals surface area contributed by atoms with Crippen molar-refractivity contribution in [3.05, 3.63) is 0 Å². The Kier molecular flexibility index (Phi) is 9.35. The van der Waals surface area contributed by atoms with E-state index in [4.69, 9.17) is 9.84 Å². The molecule has 0 aliphatic carbocycles. The van der Waals surface area contributed by atoms with E-state index in [1.165, 1.54) is 12.8 Å². The number of carboxylic acid groups (broad SMARTS) is 1. The number of unbranched alkanes of at least 4 members (excludes halogenated alkanes) is 5. The van der Waals surface area contributed by atoms with Crippen molar-refractivity contribution in [3.63, 3.8) is 0 Å². The Morgan fingerprint density at radius 2 is 1.86 bits per heavy atom. The Balaban J connectivity index is 3.07. The molecule has 0 rings (SSSR count). The molecule has 0 aromatic rings. The second-order valence-electron chi connectivity index (χ2n) is 3.12. The summed E-state index contributed by atoms with van der Waals surface area (Å²) in [4.78, 5) is 10.0. The van der Waals surface area contributed by atoms with Gasteiger partial charge in [0, 0.05) is 26.1 Å². The number of carbonyl (C=O) groups is 1. The van der Waals surface area contributed by atoms with Gasteiger partial charge in [-0.3, -0.25) is 0 Å². The molecule has 0 amide bonds. The highest BCUT2D eigenvalue weighted by Crippen LogP contribution is 2.04. The van der Waals surface area contributed by atoms with Crippen LogP contribution >= 0.6 is 0 Å². The van der Waals surface area contributed by atoms with Crippen molar-refractivity contribution in [1.29, 1.82) is 0 Å². The monoisotopic (exact) mass is 198 g/mol. The molecule has 0 spiro atoms. The van der Waals surface area contributed by atoms with E-state index in [-0.39, 0.29) is 0 Å². The van der Waals surface area contributed by atoms with Crippen LogP contribution in [0.4, 0.5) is 0 Å². The van der Waals surface area contributed by atoms with Gasteiger partial charge in [0.25, 0.3) is 0 Å². The zero-order chi connectivity index (χ0) is 10.6. The topological polar surface area (TPSA) is 46.5 Å². The van der Waals surface area contributed by atoms with E-state index in [1.807, 2.05) is 0 Å². The van der Waals surface area contributed by atoms with Gasteiger partial charge in [-0.15, -0.1) is 0 Å². The third kappa shape index (κ3) is 11.0. The molecule has 14 heavy (non-hydrogen) atoms. The second kappa shape index (κ2) is 10.1. The van der Waals surface area contributed by atoms with Gasteiger partial charge in [0.1, 0.15) is 0 Å². The highest BCUT2D eigenvalue weighted by atomic mass is 16.5. The van der Waals surface area contributed by atoms with Gasteiger partial charge >= 0.3 is 5.97 Å². The molecule has 3 heteroatoms. The number of hydrogen-bond donors (Lipinski definition) is 1. The molecule has 0 saturated carbocycles. The van der Waals surface area contributed by atoms with E-state index in [9.17, 15) is 4.79 Å². The van der Waals surface area contributed by atoms with E-state index in [0.717, 1.165) is 25.9 Å². The van der Waals surface area contributed by atoms with Crippen LogP contribution in [-0.4, -0.2) is 24.8 Å². The lowest BCUT2D eigenvalue weighted by Crippen LogP contribution is -1.88. The summed E-state index contributed by atoms with van der Waals surface area (Å²) in [5.74, 6) is 3.68. The van der Waals surface area contributed by atoms with Crippen LogP contribution in [0.3, 0.4) is 0 Å². The quantitative estimate of drug-likeness (QED) is 0.503. The molecular formula is C11H18O3. The molecule has 3 nitrogen and oxygen atoms in total. The van der Waals surface area contributed by atoms with Crippen molar-refractivity contribution in [3.8, 4) is 11.8 Å². The SMILES string of the molecule is COCCCCCCCC#CC(=O)O. The van der Waals surface area contributed by atoms with Gasteiger partial charge in [-0.2, -0.15) is 0 Å². The summed E-state index contributed by atoms with van der Waals surface area (Å²) in [6.45, 7) is 0.832. The Bertz CT molecular complexity index is 200. The number of methoxy groups -OCH3 is 1. The van der Waals surface area contributed by atoms with E-state index in [1.54, 1.807) is 7.11 Å². The van der Waals surface area contributed by atoms with Gasteiger partial charge in [-0.1, -0.05) is 25.2 Å². The van der Waals surface area contributed by atoms with Gasteiger partial charge in [0.05, 0.1) is 0 Å². The summed E-state index contributed by atoms with van der Waals surface area (Å²) < 4.78 is 4.93. The maximum Gasteiger partial charge on any atom is 0.381 e. The van der Waals surface area contributed by atoms with Crippen LogP contribution in [0.2, 0.25) is 0 Å². The molecule has 0 unspecified atom stereocenters. The predicted octanol–water partition coefficient (Wildman–Crippen LogP) is 2.06. The fourth-order valence-corrected chi connectivity index (χ4v) is 1.13. The maximum absolute atomic E-state index is 10.0. The van der Waals surface area contributed by atoms with Crippen LogP contribution in [0, 0.1) is 11.8 Å². The molecule has 1 N–H and O–H groups in total. The Morgan fingerprint density at radius 3 is 2.50 bits per heavy atom. The molecule has 0 bridgehead atoms. The average Bonchev–Trinajstić information content (AvgIpc) is 2.15. The summed E-state index contributed by atoms with van der Waals surface area (Å²) in [6.07, 6.45) is 6.28. The first-order valence-corrected chi connectivity index (χ1v) is 4.98. The third-order valence-electron chi connectivity index (χ3n) is 1.85. The van der Waals surface area contributed by atoms with Crippen molar-refractivity contribution < 1.29 is 14.6 Å². The van der Waals surface area contributed by atoms with Crippen LogP contribution in [0.15, 0.2) is 0 Å². The lowest BCUT2D eigenvalue weighted by molar-refractivity contribution is -0.130. The van der Waals surface area contributed by atoms with Crippen LogP contribution in [0.1, 0.15) is 38.5 Å². The minimum atomic E-state index is -1.04. The second-order valence-corrected chi connectivity index (χ2v) is 3.12. The fourth-order valence-electron chi connectivity index (χ4n) is 1.13. The number of ether oxygens (including phenoxy) is 1. The summed E-state index contributed by atoms with van der Waals surface area (Å²) in [5, 5.41) is 8.23. The zero-order valence-corrected chi connectivity index (χ0v) is 8.71. The summed E-state index contributed by atoms with van der Waals surface area (Å²) >= 11 is 0. The first kappa shape index (κ1) is 13.0. The molecule has 80 valence electrons. The molecule has 0 radical (unpaired) electrons. The van der Waals surface area contributed by atoms with Crippen molar-refractivity contribution in [1.82, 2.24) is 0 Å². The van der Waals surface area contributed by atoms with E-state index < -0.39 is 5.97 Å². The van der Waals surface area contributed by atoms with Crippen LogP contribution in [0.25, 0.3) is 0 Å².